The van der Waals surface area contributed by atoms with Gasteiger partial charge in [-0.15, -0.1) is 0 Å². The lowest BCUT2D eigenvalue weighted by Crippen LogP contribution is -1.89. The largest absolute Gasteiger partial charge is 0.440 e. The molecule has 72 valence electrons. The van der Waals surface area contributed by atoms with Gasteiger partial charge in [-0.3, -0.25) is 0 Å². The molecule has 14 heavy (non-hydrogen) atoms. The number of hydrogen-bond acceptors (Lipinski definition) is 4. The molecule has 0 saturated carbocycles. The van der Waals surface area contributed by atoms with Crippen LogP contribution in [0.25, 0.3) is 0 Å². The van der Waals surface area contributed by atoms with Crippen LogP contribution in [0.15, 0.2) is 45.2 Å². The first-order valence-electron chi connectivity index (χ1n) is 3.88. The second kappa shape index (κ2) is 3.71. The number of nitrogens with zero attached hydrogens (tertiary/aromatic N) is 1. The van der Waals surface area contributed by atoms with E-state index in [9.17, 15) is 4.39 Å². The van der Waals surface area contributed by atoms with Crippen LogP contribution in [0.4, 0.5) is 10.1 Å². The highest BCUT2D eigenvalue weighted by Gasteiger charge is 2.06. The van der Waals surface area contributed by atoms with Crippen molar-refractivity contribution in [3.05, 3.63) is 36.5 Å². The molecule has 2 rings (SSSR count). The first-order chi connectivity index (χ1) is 6.75. The molecule has 2 aromatic rings. The van der Waals surface area contributed by atoms with Gasteiger partial charge in [0.15, 0.2) is 0 Å². The summed E-state index contributed by atoms with van der Waals surface area (Å²) in [5.74, 6) is -0.326. The fourth-order valence-electron chi connectivity index (χ4n) is 0.951. The quantitative estimate of drug-likeness (QED) is 0.774. The Morgan fingerprint density at radius 3 is 3.00 bits per heavy atom. The molecular formula is C9H7FN2OS. The molecule has 0 radical (unpaired) electrons. The fourth-order valence-corrected chi connectivity index (χ4v) is 1.71. The summed E-state index contributed by atoms with van der Waals surface area (Å²) in [4.78, 5) is 4.50. The highest BCUT2D eigenvalue weighted by Crippen LogP contribution is 2.31. The summed E-state index contributed by atoms with van der Waals surface area (Å²) in [5.41, 5.74) is 6.16. The summed E-state index contributed by atoms with van der Waals surface area (Å²) in [6.45, 7) is 0. The topological polar surface area (TPSA) is 52.0 Å². The number of benzene rings is 1. The SMILES string of the molecule is Nc1ccc(F)cc1Sc1ncco1. The van der Waals surface area contributed by atoms with Gasteiger partial charge in [0.1, 0.15) is 12.1 Å². The Hall–Kier alpha value is -1.49. The number of halogens is 1. The molecule has 0 unspecified atom stereocenters. The van der Waals surface area contributed by atoms with Crippen LogP contribution in [-0.4, -0.2) is 4.98 Å². The molecule has 0 aliphatic heterocycles. The van der Waals surface area contributed by atoms with Crippen LogP contribution in [0, 0.1) is 5.82 Å². The van der Waals surface area contributed by atoms with Crippen LogP contribution in [0.3, 0.4) is 0 Å². The third kappa shape index (κ3) is 1.88. The summed E-state index contributed by atoms with van der Waals surface area (Å²) in [5, 5.41) is 0.447. The van der Waals surface area contributed by atoms with Crippen LogP contribution in [-0.2, 0) is 0 Å². The number of aromatic nitrogens is 1. The van der Waals surface area contributed by atoms with Gasteiger partial charge >= 0.3 is 0 Å². The van der Waals surface area contributed by atoms with Crippen LogP contribution in [0.2, 0.25) is 0 Å². The van der Waals surface area contributed by atoms with E-state index in [1.165, 1.54) is 42.4 Å². The van der Waals surface area contributed by atoms with E-state index in [-0.39, 0.29) is 5.82 Å². The number of nitrogens with two attached hydrogens (primary N) is 1. The maximum absolute atomic E-state index is 12.9. The zero-order chi connectivity index (χ0) is 9.97. The lowest BCUT2D eigenvalue weighted by molar-refractivity contribution is 0.454. The van der Waals surface area contributed by atoms with Gasteiger partial charge in [-0.25, -0.2) is 9.37 Å². The Morgan fingerprint density at radius 2 is 2.29 bits per heavy atom. The Bertz CT molecular complexity index is 430. The van der Waals surface area contributed by atoms with Crippen molar-refractivity contribution in [3.63, 3.8) is 0 Å². The molecule has 2 N–H and O–H groups in total. The average Bonchev–Trinajstić information content (AvgIpc) is 2.64. The summed E-state index contributed by atoms with van der Waals surface area (Å²) in [7, 11) is 0. The smallest absolute Gasteiger partial charge is 0.260 e. The molecule has 1 heterocycles. The normalized spacial score (nSPS) is 10.4. The molecule has 0 aliphatic rings. The van der Waals surface area contributed by atoms with Crippen molar-refractivity contribution in [2.75, 3.05) is 5.73 Å². The van der Waals surface area contributed by atoms with Crippen molar-refractivity contribution in [3.8, 4) is 0 Å². The summed E-state index contributed by atoms with van der Waals surface area (Å²) >= 11 is 1.19. The van der Waals surface area contributed by atoms with Crippen LogP contribution < -0.4 is 5.73 Å². The first-order valence-corrected chi connectivity index (χ1v) is 4.70. The van der Waals surface area contributed by atoms with Crippen molar-refractivity contribution < 1.29 is 8.81 Å². The summed E-state index contributed by atoms with van der Waals surface area (Å²) < 4.78 is 17.9. The fraction of sp³-hybridized carbons (Fsp3) is 0. The van der Waals surface area contributed by atoms with Gasteiger partial charge in [-0.2, -0.15) is 0 Å². The zero-order valence-electron chi connectivity index (χ0n) is 7.11. The predicted molar refractivity (Wildman–Crippen MR) is 51.4 cm³/mol. The van der Waals surface area contributed by atoms with E-state index in [1.54, 1.807) is 0 Å². The molecular weight excluding hydrogens is 203 g/mol. The summed E-state index contributed by atoms with van der Waals surface area (Å²) in [6.07, 6.45) is 2.98. The van der Waals surface area contributed by atoms with Crippen molar-refractivity contribution in [2.45, 2.75) is 10.1 Å². The molecule has 0 amide bonds. The van der Waals surface area contributed by atoms with E-state index in [2.05, 4.69) is 4.98 Å². The number of hydrogen-bond donors (Lipinski definition) is 1. The van der Waals surface area contributed by atoms with Gasteiger partial charge in [0.05, 0.1) is 6.20 Å². The lowest BCUT2D eigenvalue weighted by Gasteiger charge is -2.01. The Kier molecular flexibility index (Phi) is 2.41. The molecule has 0 saturated heterocycles. The standard InChI is InChI=1S/C9H7FN2OS/c10-6-1-2-7(11)8(5-6)14-9-12-3-4-13-9/h1-5H,11H2. The monoisotopic (exact) mass is 210 g/mol. The molecule has 0 spiro atoms. The second-order valence-electron chi connectivity index (χ2n) is 2.58. The molecule has 0 aliphatic carbocycles. The van der Waals surface area contributed by atoms with E-state index in [0.717, 1.165) is 0 Å². The number of rotatable bonds is 2. The number of oxazole rings is 1. The van der Waals surface area contributed by atoms with Crippen molar-refractivity contribution in [2.24, 2.45) is 0 Å². The molecule has 1 aromatic carbocycles. The maximum atomic E-state index is 12.9. The second-order valence-corrected chi connectivity index (χ2v) is 3.58. The van der Waals surface area contributed by atoms with Crippen molar-refractivity contribution in [1.29, 1.82) is 0 Å². The molecule has 0 atom stereocenters. The van der Waals surface area contributed by atoms with Crippen LogP contribution in [0.5, 0.6) is 0 Å². The van der Waals surface area contributed by atoms with Gasteiger partial charge in [0.25, 0.3) is 5.22 Å². The van der Waals surface area contributed by atoms with E-state index >= 15 is 0 Å². The van der Waals surface area contributed by atoms with Gasteiger partial charge in [0.2, 0.25) is 0 Å². The summed E-state index contributed by atoms with van der Waals surface area (Å²) in [6, 6.07) is 4.18. The Balaban J connectivity index is 2.28. The van der Waals surface area contributed by atoms with Crippen molar-refractivity contribution >= 4 is 17.4 Å². The average molecular weight is 210 g/mol. The highest BCUT2D eigenvalue weighted by molar-refractivity contribution is 7.99. The maximum Gasteiger partial charge on any atom is 0.260 e. The number of anilines is 1. The molecule has 5 heteroatoms. The minimum Gasteiger partial charge on any atom is -0.440 e. The van der Waals surface area contributed by atoms with E-state index in [4.69, 9.17) is 10.2 Å². The predicted octanol–water partition coefficient (Wildman–Crippen LogP) is 2.55. The van der Waals surface area contributed by atoms with Crippen LogP contribution >= 0.6 is 11.8 Å². The molecule has 1 aromatic heterocycles. The molecule has 3 nitrogen and oxygen atoms in total. The van der Waals surface area contributed by atoms with Crippen LogP contribution in [0.1, 0.15) is 0 Å². The van der Waals surface area contributed by atoms with Gasteiger partial charge in [-0.1, -0.05) is 0 Å². The van der Waals surface area contributed by atoms with Gasteiger partial charge in [0, 0.05) is 10.6 Å². The van der Waals surface area contributed by atoms with Gasteiger partial charge in [-0.05, 0) is 30.0 Å². The van der Waals surface area contributed by atoms with Crippen molar-refractivity contribution in [1.82, 2.24) is 4.98 Å². The first kappa shape index (κ1) is 9.08. The third-order valence-electron chi connectivity index (χ3n) is 1.58. The highest BCUT2D eigenvalue weighted by atomic mass is 32.2. The molecule has 0 bridgehead atoms. The molecule has 0 fully saturated rings. The Morgan fingerprint density at radius 1 is 1.43 bits per heavy atom. The van der Waals surface area contributed by atoms with Gasteiger partial charge < -0.3 is 10.2 Å². The third-order valence-corrected chi connectivity index (χ3v) is 2.53. The van der Waals surface area contributed by atoms with E-state index < -0.39 is 0 Å². The zero-order valence-corrected chi connectivity index (χ0v) is 7.92. The van der Waals surface area contributed by atoms with E-state index in [0.29, 0.717) is 15.8 Å². The van der Waals surface area contributed by atoms with E-state index in [1.807, 2.05) is 0 Å². The minimum atomic E-state index is -0.326. The lowest BCUT2D eigenvalue weighted by atomic mass is 10.3. The Labute approximate surface area is 84.1 Å². The minimum absolute atomic E-state index is 0.326. The number of nitrogen functional groups attached to an aromatic ring is 1.